The largest absolute Gasteiger partial charge is 0.379 e. The van der Waals surface area contributed by atoms with Gasteiger partial charge in [-0.15, -0.1) is 0 Å². The fraction of sp³-hybridized carbons (Fsp3) is 0.526. The molecule has 1 rings (SSSR count). The molecule has 28 heavy (non-hydrogen) atoms. The number of carbonyl (C=O) groups excluding carboxylic acids is 3. The van der Waals surface area contributed by atoms with Crippen molar-refractivity contribution in [3.63, 3.8) is 0 Å². The summed E-state index contributed by atoms with van der Waals surface area (Å²) < 4.78 is 13.1. The molecule has 0 fully saturated rings. The number of carbonyl (C=O) groups is 3. The van der Waals surface area contributed by atoms with Crippen LogP contribution in [0, 0.1) is 17.7 Å². The Morgan fingerprint density at radius 1 is 1.11 bits per heavy atom. The fourth-order valence-corrected chi connectivity index (χ4v) is 2.93. The summed E-state index contributed by atoms with van der Waals surface area (Å²) in [5, 5.41) is 24.7. The summed E-state index contributed by atoms with van der Waals surface area (Å²) in [6.07, 6.45) is -0.00549. The van der Waals surface area contributed by atoms with Gasteiger partial charge >= 0.3 is 0 Å². The van der Waals surface area contributed by atoms with Crippen molar-refractivity contribution < 1.29 is 29.1 Å². The lowest BCUT2D eigenvalue weighted by Gasteiger charge is -2.34. The minimum absolute atomic E-state index is 0.0596. The van der Waals surface area contributed by atoms with E-state index in [1.165, 1.54) is 43.7 Å². The highest BCUT2D eigenvalue weighted by atomic mass is 19.1. The fourth-order valence-electron chi connectivity index (χ4n) is 2.93. The Balaban J connectivity index is 3.11. The maximum absolute atomic E-state index is 13.1. The van der Waals surface area contributed by atoms with Gasteiger partial charge in [0.2, 0.25) is 11.8 Å². The van der Waals surface area contributed by atoms with E-state index >= 15 is 0 Å². The Morgan fingerprint density at radius 2 is 1.68 bits per heavy atom. The first kappa shape index (κ1) is 23.5. The summed E-state index contributed by atoms with van der Waals surface area (Å²) in [4.78, 5) is 36.9. The average Bonchev–Trinajstić information content (AvgIpc) is 2.66. The van der Waals surface area contributed by atoms with Gasteiger partial charge in [-0.2, -0.15) is 0 Å². The minimum Gasteiger partial charge on any atom is -0.379 e. The summed E-state index contributed by atoms with van der Waals surface area (Å²) in [5.74, 6) is -4.19. The molecule has 1 aromatic carbocycles. The van der Waals surface area contributed by atoms with E-state index in [9.17, 15) is 23.9 Å². The number of amides is 3. The molecule has 0 unspecified atom stereocenters. The quantitative estimate of drug-likeness (QED) is 0.307. The molecule has 8 nitrogen and oxygen atoms in total. The Kier molecular flexibility index (Phi) is 8.52. The van der Waals surface area contributed by atoms with E-state index in [1.807, 2.05) is 0 Å². The standard InChI is InChI=1S/C19H28FN3O5/c1-11(2)10-19(27,12(3)16(24)23-28)18(26)22-15(17(25)21-4)9-13-5-7-14(20)8-6-13/h5-8,11-12,15,27-28H,9-10H2,1-4H3,(H,21,25)(H,22,26)(H,23,24)/t12-,15+,19+/m1/s1. The summed E-state index contributed by atoms with van der Waals surface area (Å²) in [7, 11) is 1.40. The lowest BCUT2D eigenvalue weighted by atomic mass is 9.80. The molecular weight excluding hydrogens is 369 g/mol. The zero-order chi connectivity index (χ0) is 21.5. The van der Waals surface area contributed by atoms with Gasteiger partial charge in [0.25, 0.3) is 5.91 Å². The molecule has 0 aliphatic heterocycles. The van der Waals surface area contributed by atoms with Gasteiger partial charge < -0.3 is 15.7 Å². The van der Waals surface area contributed by atoms with Gasteiger partial charge in [0, 0.05) is 13.5 Å². The number of likely N-dealkylation sites (N-methyl/N-ethyl adjacent to an activating group) is 1. The van der Waals surface area contributed by atoms with Crippen molar-refractivity contribution in [1.29, 1.82) is 0 Å². The molecule has 9 heteroatoms. The maximum atomic E-state index is 13.1. The monoisotopic (exact) mass is 397 g/mol. The lowest BCUT2D eigenvalue weighted by molar-refractivity contribution is -0.159. The van der Waals surface area contributed by atoms with Crippen LogP contribution in [0.15, 0.2) is 24.3 Å². The van der Waals surface area contributed by atoms with Gasteiger partial charge in [0.05, 0.1) is 5.92 Å². The Morgan fingerprint density at radius 3 is 2.14 bits per heavy atom. The molecule has 0 spiro atoms. The zero-order valence-electron chi connectivity index (χ0n) is 16.5. The second kappa shape index (κ2) is 10.1. The molecule has 0 heterocycles. The number of rotatable bonds is 9. The van der Waals surface area contributed by atoms with E-state index < -0.39 is 41.1 Å². The number of benzene rings is 1. The second-order valence-corrected chi connectivity index (χ2v) is 7.19. The third kappa shape index (κ3) is 6.00. The van der Waals surface area contributed by atoms with Gasteiger partial charge in [0.1, 0.15) is 11.9 Å². The molecule has 0 aliphatic carbocycles. The van der Waals surface area contributed by atoms with E-state index in [-0.39, 0.29) is 18.8 Å². The summed E-state index contributed by atoms with van der Waals surface area (Å²) in [6.45, 7) is 4.83. The zero-order valence-corrected chi connectivity index (χ0v) is 16.5. The van der Waals surface area contributed by atoms with Crippen LogP contribution in [0.2, 0.25) is 0 Å². The molecule has 0 saturated carbocycles. The molecule has 0 saturated heterocycles. The van der Waals surface area contributed by atoms with E-state index in [1.54, 1.807) is 13.8 Å². The topological polar surface area (TPSA) is 128 Å². The van der Waals surface area contributed by atoms with E-state index in [0.717, 1.165) is 0 Å². The predicted octanol–water partition coefficient (Wildman–Crippen LogP) is 0.518. The van der Waals surface area contributed by atoms with Crippen molar-refractivity contribution >= 4 is 17.7 Å². The third-order valence-corrected chi connectivity index (χ3v) is 4.55. The highest BCUT2D eigenvalue weighted by Crippen LogP contribution is 2.27. The second-order valence-electron chi connectivity index (χ2n) is 7.19. The van der Waals surface area contributed by atoms with E-state index in [4.69, 9.17) is 5.21 Å². The smallest absolute Gasteiger partial charge is 0.253 e. The van der Waals surface area contributed by atoms with Crippen LogP contribution in [-0.2, 0) is 20.8 Å². The van der Waals surface area contributed by atoms with Crippen molar-refractivity contribution in [2.45, 2.75) is 45.3 Å². The van der Waals surface area contributed by atoms with Gasteiger partial charge in [-0.05, 0) is 30.0 Å². The molecule has 0 radical (unpaired) electrons. The van der Waals surface area contributed by atoms with Gasteiger partial charge in [-0.1, -0.05) is 32.9 Å². The maximum Gasteiger partial charge on any atom is 0.253 e. The predicted molar refractivity (Wildman–Crippen MR) is 99.6 cm³/mol. The van der Waals surface area contributed by atoms with E-state index in [2.05, 4.69) is 10.6 Å². The highest BCUT2D eigenvalue weighted by molar-refractivity contribution is 5.95. The molecule has 3 atom stereocenters. The van der Waals surface area contributed by atoms with Gasteiger partial charge in [-0.25, -0.2) is 9.87 Å². The van der Waals surface area contributed by atoms with Crippen LogP contribution in [0.5, 0.6) is 0 Å². The highest BCUT2D eigenvalue weighted by Gasteiger charge is 2.46. The van der Waals surface area contributed by atoms with Crippen LogP contribution in [-0.4, -0.2) is 46.7 Å². The van der Waals surface area contributed by atoms with Gasteiger partial charge in [0.15, 0.2) is 5.60 Å². The average molecular weight is 397 g/mol. The normalized spacial score (nSPS) is 15.3. The summed E-state index contributed by atoms with van der Waals surface area (Å²) in [5.41, 5.74) is -0.105. The summed E-state index contributed by atoms with van der Waals surface area (Å²) >= 11 is 0. The van der Waals surface area contributed by atoms with Crippen molar-refractivity contribution in [3.05, 3.63) is 35.6 Å². The first-order valence-electron chi connectivity index (χ1n) is 8.98. The van der Waals surface area contributed by atoms with Crippen LogP contribution >= 0.6 is 0 Å². The number of hydroxylamine groups is 1. The van der Waals surface area contributed by atoms with E-state index in [0.29, 0.717) is 5.56 Å². The van der Waals surface area contributed by atoms with Crippen molar-refractivity contribution in [2.24, 2.45) is 11.8 Å². The molecule has 1 aromatic rings. The van der Waals surface area contributed by atoms with Crippen LogP contribution < -0.4 is 16.1 Å². The number of nitrogens with one attached hydrogen (secondary N) is 3. The Hall–Kier alpha value is -2.52. The Labute approximate surface area is 163 Å². The van der Waals surface area contributed by atoms with Crippen LogP contribution in [0.3, 0.4) is 0 Å². The molecule has 5 N–H and O–H groups in total. The summed E-state index contributed by atoms with van der Waals surface area (Å²) in [6, 6.07) is 4.40. The number of hydrogen-bond donors (Lipinski definition) is 5. The minimum atomic E-state index is -2.14. The molecule has 0 aliphatic rings. The lowest BCUT2D eigenvalue weighted by Crippen LogP contribution is -2.60. The number of aliphatic hydroxyl groups is 1. The Bertz CT molecular complexity index is 695. The van der Waals surface area contributed by atoms with Gasteiger partial charge in [-0.3, -0.25) is 19.6 Å². The van der Waals surface area contributed by atoms with Crippen LogP contribution in [0.25, 0.3) is 0 Å². The van der Waals surface area contributed by atoms with Crippen LogP contribution in [0.4, 0.5) is 4.39 Å². The van der Waals surface area contributed by atoms with Crippen molar-refractivity contribution in [1.82, 2.24) is 16.1 Å². The molecule has 0 bridgehead atoms. The van der Waals surface area contributed by atoms with Crippen LogP contribution in [0.1, 0.15) is 32.8 Å². The first-order valence-corrected chi connectivity index (χ1v) is 8.98. The van der Waals surface area contributed by atoms with Crippen molar-refractivity contribution in [2.75, 3.05) is 7.05 Å². The SMILES string of the molecule is CNC(=O)[C@H](Cc1ccc(F)cc1)NC(=O)[C@](O)(CC(C)C)[C@H](C)C(=O)NO. The molecular formula is C19H28FN3O5. The third-order valence-electron chi connectivity index (χ3n) is 4.55. The first-order chi connectivity index (χ1) is 13.0. The van der Waals surface area contributed by atoms with Crippen molar-refractivity contribution in [3.8, 4) is 0 Å². The molecule has 3 amide bonds. The number of halogens is 1. The molecule has 0 aromatic heterocycles. The molecule has 156 valence electrons. The number of hydrogen-bond acceptors (Lipinski definition) is 5.